The molecule has 1 aliphatic heterocycles. The Morgan fingerprint density at radius 3 is 2.50 bits per heavy atom. The molecule has 0 saturated heterocycles. The van der Waals surface area contributed by atoms with Crippen molar-refractivity contribution < 1.29 is 27.2 Å². The van der Waals surface area contributed by atoms with Crippen LogP contribution in [0, 0.1) is 5.41 Å². The van der Waals surface area contributed by atoms with Gasteiger partial charge >= 0.3 is 6.18 Å². The highest BCUT2D eigenvalue weighted by Gasteiger charge is 2.42. The van der Waals surface area contributed by atoms with E-state index in [2.05, 4.69) is 10.6 Å². The number of furan rings is 1. The number of alkyl halides is 3. The maximum absolute atomic E-state index is 13.7. The number of amides is 1. The molecule has 1 amide bonds. The number of Topliss-reactive ketones (excluding diaryl/α,β-unsaturated/α-hetero) is 1. The topological polar surface area (TPSA) is 74.6 Å². The molecule has 0 bridgehead atoms. The van der Waals surface area contributed by atoms with Crippen molar-refractivity contribution in [2.45, 2.75) is 45.5 Å². The van der Waals surface area contributed by atoms with Crippen molar-refractivity contribution >= 4 is 23.1 Å². The number of hydrogen-bond donors (Lipinski definition) is 2. The molecule has 0 spiro atoms. The van der Waals surface area contributed by atoms with E-state index in [-0.39, 0.29) is 30.2 Å². The Labute approximate surface area is 218 Å². The Morgan fingerprint density at radius 2 is 1.82 bits per heavy atom. The third-order valence-corrected chi connectivity index (χ3v) is 6.91. The molecule has 0 saturated carbocycles. The van der Waals surface area contributed by atoms with Crippen LogP contribution in [-0.2, 0) is 22.3 Å². The van der Waals surface area contributed by atoms with E-state index in [0.717, 1.165) is 23.5 Å². The zero-order valence-electron chi connectivity index (χ0n) is 21.1. The van der Waals surface area contributed by atoms with Crippen molar-refractivity contribution in [2.24, 2.45) is 5.41 Å². The first-order chi connectivity index (χ1) is 18.0. The van der Waals surface area contributed by atoms with Gasteiger partial charge in [-0.25, -0.2) is 0 Å². The smallest absolute Gasteiger partial charge is 0.416 e. The summed E-state index contributed by atoms with van der Waals surface area (Å²) in [6.07, 6.45) is -2.10. The maximum Gasteiger partial charge on any atom is 0.416 e. The summed E-state index contributed by atoms with van der Waals surface area (Å²) < 4.78 is 45.3. The summed E-state index contributed by atoms with van der Waals surface area (Å²) in [5.74, 6) is 0.174. The number of hydrogen-bond acceptors (Lipinski definition) is 5. The normalized spacial score (nSPS) is 18.8. The zero-order valence-corrected chi connectivity index (χ0v) is 21.1. The largest absolute Gasteiger partial charge is 0.467 e. The van der Waals surface area contributed by atoms with Crippen LogP contribution in [0.25, 0.3) is 0 Å². The highest BCUT2D eigenvalue weighted by Crippen LogP contribution is 2.48. The summed E-state index contributed by atoms with van der Waals surface area (Å²) >= 11 is 0. The number of anilines is 2. The fraction of sp³-hybridized carbons (Fsp3) is 0.310. The highest BCUT2D eigenvalue weighted by atomic mass is 19.4. The van der Waals surface area contributed by atoms with Gasteiger partial charge < -0.3 is 20.0 Å². The number of para-hydroxylation sites is 2. The number of rotatable bonds is 5. The first-order valence-electron chi connectivity index (χ1n) is 12.4. The van der Waals surface area contributed by atoms with Crippen molar-refractivity contribution in [3.8, 4) is 0 Å². The minimum atomic E-state index is -4.49. The Kier molecular flexibility index (Phi) is 6.54. The number of halogens is 3. The monoisotopic (exact) mass is 523 g/mol. The number of fused-ring (bicyclic) bond motifs is 1. The van der Waals surface area contributed by atoms with Crippen molar-refractivity contribution in [3.05, 3.63) is 95.1 Å². The van der Waals surface area contributed by atoms with E-state index in [9.17, 15) is 22.8 Å². The Hall–Kier alpha value is -4.01. The van der Waals surface area contributed by atoms with Gasteiger partial charge in [-0.3, -0.25) is 9.59 Å². The zero-order chi connectivity index (χ0) is 27.1. The van der Waals surface area contributed by atoms with Gasteiger partial charge in [0.05, 0.1) is 42.3 Å². The first kappa shape index (κ1) is 25.6. The van der Waals surface area contributed by atoms with E-state index in [1.807, 2.05) is 38.1 Å². The van der Waals surface area contributed by atoms with Gasteiger partial charge in [0.25, 0.3) is 0 Å². The Balaban J connectivity index is 1.61. The van der Waals surface area contributed by atoms with Gasteiger partial charge in [-0.15, -0.1) is 0 Å². The molecule has 2 N–H and O–H groups in total. The quantitative estimate of drug-likeness (QED) is 0.415. The molecule has 6 nitrogen and oxygen atoms in total. The predicted molar refractivity (Wildman–Crippen MR) is 137 cm³/mol. The number of ketones is 1. The summed E-state index contributed by atoms with van der Waals surface area (Å²) in [7, 11) is 0. The Morgan fingerprint density at radius 1 is 1.08 bits per heavy atom. The van der Waals surface area contributed by atoms with Crippen LogP contribution in [0.4, 0.5) is 24.5 Å². The lowest BCUT2D eigenvalue weighted by molar-refractivity contribution is -0.137. The SMILES string of the molecule is CC1(C)CC(=O)C2=C(C1)Nc1ccccc1N(CC(=O)NCc1ccco1)C2c1ccc(C(F)(F)F)cc1. The lowest BCUT2D eigenvalue weighted by Crippen LogP contribution is -2.41. The summed E-state index contributed by atoms with van der Waals surface area (Å²) in [6.45, 7) is 4.09. The van der Waals surface area contributed by atoms with Crippen molar-refractivity contribution in [1.29, 1.82) is 0 Å². The molecule has 1 atom stereocenters. The lowest BCUT2D eigenvalue weighted by Gasteiger charge is -2.38. The molecule has 38 heavy (non-hydrogen) atoms. The van der Waals surface area contributed by atoms with E-state index in [4.69, 9.17) is 4.42 Å². The average molecular weight is 524 g/mol. The summed E-state index contributed by atoms with van der Waals surface area (Å²) in [5.41, 5.74) is 2.01. The van der Waals surface area contributed by atoms with E-state index < -0.39 is 17.8 Å². The van der Waals surface area contributed by atoms with Crippen LogP contribution >= 0.6 is 0 Å². The molecule has 0 radical (unpaired) electrons. The molecule has 1 unspecified atom stereocenters. The number of carbonyl (C=O) groups excluding carboxylic acids is 2. The standard InChI is InChI=1S/C29H28F3N3O3/c1-28(2)14-22-26(24(36)15-28)27(18-9-11-19(12-10-18)29(30,31)32)35(23-8-4-3-7-21(23)34-22)17-25(37)33-16-20-6-5-13-38-20/h3-13,27,34H,14-17H2,1-2H3,(H,33,37). The molecule has 9 heteroatoms. The highest BCUT2D eigenvalue weighted by molar-refractivity contribution is 6.01. The second-order valence-corrected chi connectivity index (χ2v) is 10.5. The van der Waals surface area contributed by atoms with Gasteiger partial charge in [0.1, 0.15) is 5.76 Å². The molecule has 2 aliphatic rings. The second kappa shape index (κ2) is 9.70. The molecule has 3 aromatic rings. The van der Waals surface area contributed by atoms with Crippen molar-refractivity contribution in [1.82, 2.24) is 5.32 Å². The summed E-state index contributed by atoms with van der Waals surface area (Å²) in [6, 6.07) is 14.9. The molecular weight excluding hydrogens is 495 g/mol. The molecule has 198 valence electrons. The minimum absolute atomic E-state index is 0.0950. The lowest BCUT2D eigenvalue weighted by atomic mass is 9.73. The Bertz CT molecular complexity index is 1380. The number of benzene rings is 2. The molecular formula is C29H28F3N3O3. The molecule has 2 heterocycles. The van der Waals surface area contributed by atoms with Crippen LogP contribution in [0.5, 0.6) is 0 Å². The van der Waals surface area contributed by atoms with E-state index in [1.165, 1.54) is 18.4 Å². The van der Waals surface area contributed by atoms with Gasteiger partial charge in [0, 0.05) is 17.7 Å². The summed E-state index contributed by atoms with van der Waals surface area (Å²) in [5, 5.41) is 6.27. The number of nitrogens with one attached hydrogen (secondary N) is 2. The molecule has 1 aliphatic carbocycles. The van der Waals surface area contributed by atoms with Gasteiger partial charge in [0.2, 0.25) is 5.91 Å². The van der Waals surface area contributed by atoms with E-state index >= 15 is 0 Å². The maximum atomic E-state index is 13.7. The minimum Gasteiger partial charge on any atom is -0.467 e. The van der Waals surface area contributed by atoms with E-state index in [1.54, 1.807) is 17.0 Å². The number of nitrogens with zero attached hydrogens (tertiary/aromatic N) is 1. The number of carbonyl (C=O) groups is 2. The van der Waals surface area contributed by atoms with Gasteiger partial charge in [-0.2, -0.15) is 13.2 Å². The van der Waals surface area contributed by atoms with Gasteiger partial charge in [0.15, 0.2) is 5.78 Å². The fourth-order valence-corrected chi connectivity index (χ4v) is 5.24. The van der Waals surface area contributed by atoms with Crippen LogP contribution in [0.1, 0.15) is 49.6 Å². The van der Waals surface area contributed by atoms with Crippen LogP contribution < -0.4 is 15.5 Å². The fourth-order valence-electron chi connectivity index (χ4n) is 5.24. The van der Waals surface area contributed by atoms with Gasteiger partial charge in [-0.05, 0) is 53.8 Å². The molecule has 2 aromatic carbocycles. The third-order valence-electron chi connectivity index (χ3n) is 6.91. The number of allylic oxidation sites excluding steroid dienone is 1. The van der Waals surface area contributed by atoms with Crippen molar-refractivity contribution in [2.75, 3.05) is 16.8 Å². The van der Waals surface area contributed by atoms with E-state index in [0.29, 0.717) is 35.4 Å². The predicted octanol–water partition coefficient (Wildman–Crippen LogP) is 6.23. The van der Waals surface area contributed by atoms with Crippen molar-refractivity contribution in [3.63, 3.8) is 0 Å². The second-order valence-electron chi connectivity index (χ2n) is 10.5. The van der Waals surface area contributed by atoms with Crippen LogP contribution in [0.3, 0.4) is 0 Å². The third kappa shape index (κ3) is 5.18. The first-order valence-corrected chi connectivity index (χ1v) is 12.4. The molecule has 0 fully saturated rings. The summed E-state index contributed by atoms with van der Waals surface area (Å²) in [4.78, 5) is 28.6. The molecule has 1 aromatic heterocycles. The van der Waals surface area contributed by atoms with Crippen LogP contribution in [0.15, 0.2) is 82.6 Å². The van der Waals surface area contributed by atoms with Gasteiger partial charge in [-0.1, -0.05) is 38.1 Å². The average Bonchev–Trinajstić information content (AvgIpc) is 3.33. The van der Waals surface area contributed by atoms with Crippen LogP contribution in [0.2, 0.25) is 0 Å². The molecule has 5 rings (SSSR count). The van der Waals surface area contributed by atoms with Crippen LogP contribution in [-0.4, -0.2) is 18.2 Å².